The van der Waals surface area contributed by atoms with Gasteiger partial charge in [-0.3, -0.25) is 9.36 Å². The number of amides is 1. The van der Waals surface area contributed by atoms with E-state index in [0.717, 1.165) is 48.3 Å². The van der Waals surface area contributed by atoms with Gasteiger partial charge in [0, 0.05) is 30.5 Å². The van der Waals surface area contributed by atoms with Gasteiger partial charge < -0.3 is 4.90 Å². The smallest absolute Gasteiger partial charge is 0.253 e. The monoisotopic (exact) mass is 306 g/mol. The summed E-state index contributed by atoms with van der Waals surface area (Å²) in [6.45, 7) is 1.72. The number of rotatable bonds is 2. The van der Waals surface area contributed by atoms with Crippen LogP contribution >= 0.6 is 0 Å². The molecule has 3 aromatic rings. The second kappa shape index (κ2) is 5.83. The van der Waals surface area contributed by atoms with Crippen LogP contribution in [-0.2, 0) is 0 Å². The quantitative estimate of drug-likeness (QED) is 0.731. The molecule has 0 spiro atoms. The summed E-state index contributed by atoms with van der Waals surface area (Å²) < 4.78 is 1.92. The Morgan fingerprint density at radius 2 is 1.87 bits per heavy atom. The number of carbonyl (C=O) groups is 1. The number of carbonyl (C=O) groups excluding carboxylic acids is 1. The third-order valence-electron chi connectivity index (χ3n) is 4.32. The molecule has 0 radical (unpaired) electrons. The Labute approximate surface area is 134 Å². The first-order valence-electron chi connectivity index (χ1n) is 8.01. The number of imidazole rings is 1. The SMILES string of the molecule is O=C(c1cccc(-n2cnc3cccnc32)c1)N1CCCCC1. The van der Waals surface area contributed by atoms with Crippen LogP contribution in [0.4, 0.5) is 0 Å². The molecule has 1 aromatic carbocycles. The zero-order valence-corrected chi connectivity index (χ0v) is 12.9. The van der Waals surface area contributed by atoms with Gasteiger partial charge in [0.15, 0.2) is 5.65 Å². The van der Waals surface area contributed by atoms with Gasteiger partial charge in [-0.05, 0) is 49.6 Å². The first-order valence-corrected chi connectivity index (χ1v) is 8.01. The van der Waals surface area contributed by atoms with Crippen molar-refractivity contribution in [3.05, 3.63) is 54.5 Å². The topological polar surface area (TPSA) is 51.0 Å². The van der Waals surface area contributed by atoms with Crippen LogP contribution in [0.5, 0.6) is 0 Å². The van der Waals surface area contributed by atoms with Crippen molar-refractivity contribution >= 4 is 17.1 Å². The molecule has 4 rings (SSSR count). The summed E-state index contributed by atoms with van der Waals surface area (Å²) in [7, 11) is 0. The highest BCUT2D eigenvalue weighted by molar-refractivity contribution is 5.95. The molecule has 0 unspecified atom stereocenters. The van der Waals surface area contributed by atoms with Crippen LogP contribution in [0.15, 0.2) is 48.9 Å². The van der Waals surface area contributed by atoms with E-state index in [1.54, 1.807) is 12.5 Å². The Bertz CT molecular complexity index is 849. The molecule has 5 nitrogen and oxygen atoms in total. The number of aromatic nitrogens is 3. The molecule has 0 aliphatic carbocycles. The predicted molar refractivity (Wildman–Crippen MR) is 88.6 cm³/mol. The van der Waals surface area contributed by atoms with Gasteiger partial charge in [0.05, 0.1) is 0 Å². The van der Waals surface area contributed by atoms with Gasteiger partial charge in [-0.1, -0.05) is 6.07 Å². The van der Waals surface area contributed by atoms with Crippen LogP contribution < -0.4 is 0 Å². The third-order valence-corrected chi connectivity index (χ3v) is 4.32. The average molecular weight is 306 g/mol. The second-order valence-electron chi connectivity index (χ2n) is 5.86. The fraction of sp³-hybridized carbons (Fsp3) is 0.278. The summed E-state index contributed by atoms with van der Waals surface area (Å²) in [4.78, 5) is 23.4. The van der Waals surface area contributed by atoms with Crippen molar-refractivity contribution in [3.63, 3.8) is 0 Å². The van der Waals surface area contributed by atoms with E-state index in [1.165, 1.54) is 6.42 Å². The van der Waals surface area contributed by atoms with Crippen molar-refractivity contribution in [2.24, 2.45) is 0 Å². The summed E-state index contributed by atoms with van der Waals surface area (Å²) in [5.41, 5.74) is 3.28. The molecule has 0 N–H and O–H groups in total. The number of benzene rings is 1. The lowest BCUT2D eigenvalue weighted by Crippen LogP contribution is -2.35. The Balaban J connectivity index is 1.70. The standard InChI is InChI=1S/C18H18N4O/c23-18(21-10-2-1-3-11-21)14-6-4-7-15(12-14)22-13-20-16-8-5-9-19-17(16)22/h4-9,12-13H,1-3,10-11H2. The van der Waals surface area contributed by atoms with E-state index in [9.17, 15) is 4.79 Å². The molecule has 1 aliphatic rings. The molecule has 5 heteroatoms. The van der Waals surface area contributed by atoms with Crippen molar-refractivity contribution in [1.82, 2.24) is 19.4 Å². The molecule has 0 bridgehead atoms. The van der Waals surface area contributed by atoms with E-state index in [-0.39, 0.29) is 5.91 Å². The van der Waals surface area contributed by atoms with E-state index in [1.807, 2.05) is 45.9 Å². The fourth-order valence-electron chi connectivity index (χ4n) is 3.11. The Kier molecular flexibility index (Phi) is 3.54. The lowest BCUT2D eigenvalue weighted by Gasteiger charge is -2.26. The number of nitrogens with zero attached hydrogens (tertiary/aromatic N) is 4. The van der Waals surface area contributed by atoms with E-state index in [4.69, 9.17) is 0 Å². The molecule has 2 aromatic heterocycles. The molecular formula is C18H18N4O. The van der Waals surface area contributed by atoms with Crippen molar-refractivity contribution in [3.8, 4) is 5.69 Å². The highest BCUT2D eigenvalue weighted by Gasteiger charge is 2.18. The van der Waals surface area contributed by atoms with Crippen molar-refractivity contribution in [2.75, 3.05) is 13.1 Å². The van der Waals surface area contributed by atoms with Crippen LogP contribution in [0.3, 0.4) is 0 Å². The van der Waals surface area contributed by atoms with Gasteiger partial charge in [0.2, 0.25) is 0 Å². The number of fused-ring (bicyclic) bond motifs is 1. The number of likely N-dealkylation sites (tertiary alicyclic amines) is 1. The summed E-state index contributed by atoms with van der Waals surface area (Å²) in [5.74, 6) is 0.115. The second-order valence-corrected chi connectivity index (χ2v) is 5.86. The molecule has 23 heavy (non-hydrogen) atoms. The zero-order valence-electron chi connectivity index (χ0n) is 12.9. The number of hydrogen-bond donors (Lipinski definition) is 0. The Hall–Kier alpha value is -2.69. The Morgan fingerprint density at radius 3 is 2.74 bits per heavy atom. The van der Waals surface area contributed by atoms with Crippen molar-refractivity contribution in [2.45, 2.75) is 19.3 Å². The first-order chi connectivity index (χ1) is 11.3. The average Bonchev–Trinajstić information content (AvgIpc) is 3.06. The molecule has 1 amide bonds. The third kappa shape index (κ3) is 2.59. The summed E-state index contributed by atoms with van der Waals surface area (Å²) in [5, 5.41) is 0. The van der Waals surface area contributed by atoms with Gasteiger partial charge >= 0.3 is 0 Å². The van der Waals surface area contributed by atoms with E-state index < -0.39 is 0 Å². The van der Waals surface area contributed by atoms with E-state index in [0.29, 0.717) is 0 Å². The van der Waals surface area contributed by atoms with Gasteiger partial charge in [0.1, 0.15) is 11.8 Å². The maximum atomic E-state index is 12.7. The minimum Gasteiger partial charge on any atom is -0.339 e. The van der Waals surface area contributed by atoms with Gasteiger partial charge in [-0.25, -0.2) is 9.97 Å². The summed E-state index contributed by atoms with van der Waals surface area (Å²) in [6, 6.07) is 11.5. The summed E-state index contributed by atoms with van der Waals surface area (Å²) in [6.07, 6.45) is 6.92. The highest BCUT2D eigenvalue weighted by atomic mass is 16.2. The maximum absolute atomic E-state index is 12.7. The van der Waals surface area contributed by atoms with E-state index in [2.05, 4.69) is 9.97 Å². The normalized spacial score (nSPS) is 15.0. The van der Waals surface area contributed by atoms with Gasteiger partial charge in [-0.15, -0.1) is 0 Å². The Morgan fingerprint density at radius 1 is 1.00 bits per heavy atom. The van der Waals surface area contributed by atoms with Gasteiger partial charge in [-0.2, -0.15) is 0 Å². The molecule has 1 fully saturated rings. The molecule has 1 saturated heterocycles. The van der Waals surface area contributed by atoms with Crippen LogP contribution in [0.2, 0.25) is 0 Å². The van der Waals surface area contributed by atoms with Crippen LogP contribution in [-0.4, -0.2) is 38.4 Å². The maximum Gasteiger partial charge on any atom is 0.253 e. The van der Waals surface area contributed by atoms with Crippen molar-refractivity contribution < 1.29 is 4.79 Å². The van der Waals surface area contributed by atoms with Crippen molar-refractivity contribution in [1.29, 1.82) is 0 Å². The largest absolute Gasteiger partial charge is 0.339 e. The number of pyridine rings is 1. The zero-order chi connectivity index (χ0) is 15.6. The molecule has 0 saturated carbocycles. The first kappa shape index (κ1) is 13.9. The molecule has 116 valence electrons. The lowest BCUT2D eigenvalue weighted by atomic mass is 10.1. The number of hydrogen-bond acceptors (Lipinski definition) is 3. The van der Waals surface area contributed by atoms with Crippen LogP contribution in [0.1, 0.15) is 29.6 Å². The molecule has 1 aliphatic heterocycles. The lowest BCUT2D eigenvalue weighted by molar-refractivity contribution is 0.0724. The minimum atomic E-state index is 0.115. The van der Waals surface area contributed by atoms with Gasteiger partial charge in [0.25, 0.3) is 5.91 Å². The van der Waals surface area contributed by atoms with Crippen LogP contribution in [0.25, 0.3) is 16.9 Å². The number of piperidine rings is 1. The molecule has 3 heterocycles. The highest BCUT2D eigenvalue weighted by Crippen LogP contribution is 2.19. The van der Waals surface area contributed by atoms with E-state index >= 15 is 0 Å². The van der Waals surface area contributed by atoms with Crippen LogP contribution in [0, 0.1) is 0 Å². The molecule has 0 atom stereocenters. The molecular weight excluding hydrogens is 288 g/mol. The minimum absolute atomic E-state index is 0.115. The summed E-state index contributed by atoms with van der Waals surface area (Å²) >= 11 is 0. The predicted octanol–water partition coefficient (Wildman–Crippen LogP) is 3.05. The fourth-order valence-corrected chi connectivity index (χ4v) is 3.11.